The van der Waals surface area contributed by atoms with E-state index in [2.05, 4.69) is 19.9 Å². The van der Waals surface area contributed by atoms with Crippen molar-refractivity contribution in [2.75, 3.05) is 7.11 Å². The van der Waals surface area contributed by atoms with Crippen LogP contribution >= 0.6 is 0 Å². The van der Waals surface area contributed by atoms with E-state index in [0.29, 0.717) is 12.5 Å². The molecule has 2 heteroatoms. The lowest BCUT2D eigenvalue weighted by molar-refractivity contribution is 0.407. The molecular weight excluding hydrogens is 162 g/mol. The number of nitrogens with two attached hydrogens (primary N) is 1. The molecule has 1 rings (SSSR count). The molecule has 0 aliphatic rings. The SMILES string of the molecule is COc1ccc(CN)cc1C(C)C. The Bertz CT molecular complexity index is 281. The molecule has 0 spiro atoms. The van der Waals surface area contributed by atoms with Gasteiger partial charge in [-0.3, -0.25) is 0 Å². The first kappa shape index (κ1) is 10.1. The van der Waals surface area contributed by atoms with Crippen molar-refractivity contribution in [3.8, 4) is 5.75 Å². The molecule has 1 aromatic carbocycles. The fourth-order valence-corrected chi connectivity index (χ4v) is 1.36. The predicted octanol–water partition coefficient (Wildman–Crippen LogP) is 2.28. The number of hydrogen-bond donors (Lipinski definition) is 1. The van der Waals surface area contributed by atoms with E-state index in [9.17, 15) is 0 Å². The van der Waals surface area contributed by atoms with Gasteiger partial charge in [0.05, 0.1) is 7.11 Å². The van der Waals surface area contributed by atoms with Gasteiger partial charge in [-0.1, -0.05) is 26.0 Å². The van der Waals surface area contributed by atoms with Gasteiger partial charge in [-0.25, -0.2) is 0 Å². The highest BCUT2D eigenvalue weighted by Crippen LogP contribution is 2.26. The number of hydrogen-bond acceptors (Lipinski definition) is 2. The molecule has 0 saturated carbocycles. The third kappa shape index (κ3) is 2.22. The summed E-state index contributed by atoms with van der Waals surface area (Å²) in [5.74, 6) is 1.42. The maximum atomic E-state index is 5.57. The lowest BCUT2D eigenvalue weighted by atomic mass is 9.99. The number of ether oxygens (including phenoxy) is 1. The summed E-state index contributed by atoms with van der Waals surface area (Å²) < 4.78 is 5.27. The highest BCUT2D eigenvalue weighted by molar-refractivity contribution is 5.39. The van der Waals surface area contributed by atoms with Crippen LogP contribution in [0.25, 0.3) is 0 Å². The average Bonchev–Trinajstić information content (AvgIpc) is 2.16. The molecular formula is C11H17NO. The van der Waals surface area contributed by atoms with Crippen LogP contribution in [-0.2, 0) is 6.54 Å². The monoisotopic (exact) mass is 179 g/mol. The highest BCUT2D eigenvalue weighted by atomic mass is 16.5. The van der Waals surface area contributed by atoms with Crippen LogP contribution in [0.2, 0.25) is 0 Å². The van der Waals surface area contributed by atoms with Gasteiger partial charge < -0.3 is 10.5 Å². The zero-order valence-corrected chi connectivity index (χ0v) is 8.50. The zero-order valence-electron chi connectivity index (χ0n) is 8.50. The van der Waals surface area contributed by atoms with Crippen molar-refractivity contribution in [3.05, 3.63) is 29.3 Å². The Morgan fingerprint density at radius 2 is 2.08 bits per heavy atom. The molecule has 0 aromatic heterocycles. The van der Waals surface area contributed by atoms with E-state index in [1.807, 2.05) is 12.1 Å². The minimum absolute atomic E-state index is 0.474. The van der Waals surface area contributed by atoms with Gasteiger partial charge in [-0.2, -0.15) is 0 Å². The number of benzene rings is 1. The summed E-state index contributed by atoms with van der Waals surface area (Å²) in [5.41, 5.74) is 7.95. The predicted molar refractivity (Wildman–Crippen MR) is 55.0 cm³/mol. The summed E-state index contributed by atoms with van der Waals surface area (Å²) in [4.78, 5) is 0. The Morgan fingerprint density at radius 1 is 1.38 bits per heavy atom. The summed E-state index contributed by atoms with van der Waals surface area (Å²) in [6.45, 7) is 4.89. The fourth-order valence-electron chi connectivity index (χ4n) is 1.36. The van der Waals surface area contributed by atoms with Crippen LogP contribution in [0.3, 0.4) is 0 Å². The highest BCUT2D eigenvalue weighted by Gasteiger charge is 2.07. The summed E-state index contributed by atoms with van der Waals surface area (Å²) >= 11 is 0. The van der Waals surface area contributed by atoms with Gasteiger partial charge >= 0.3 is 0 Å². The van der Waals surface area contributed by atoms with Crippen LogP contribution in [0.5, 0.6) is 5.75 Å². The Kier molecular flexibility index (Phi) is 3.32. The molecule has 0 bridgehead atoms. The molecule has 1 aromatic rings. The third-order valence-electron chi connectivity index (χ3n) is 2.15. The first-order valence-electron chi connectivity index (χ1n) is 4.56. The lowest BCUT2D eigenvalue weighted by Crippen LogP contribution is -2.00. The van der Waals surface area contributed by atoms with E-state index in [-0.39, 0.29) is 0 Å². The molecule has 0 amide bonds. The van der Waals surface area contributed by atoms with Crippen molar-refractivity contribution in [2.24, 2.45) is 5.73 Å². The molecule has 0 fully saturated rings. The Balaban J connectivity index is 3.10. The van der Waals surface area contributed by atoms with Gasteiger partial charge in [-0.15, -0.1) is 0 Å². The molecule has 72 valence electrons. The van der Waals surface area contributed by atoms with Gasteiger partial charge in [0.15, 0.2) is 0 Å². The first-order valence-corrected chi connectivity index (χ1v) is 4.56. The quantitative estimate of drug-likeness (QED) is 0.772. The molecule has 13 heavy (non-hydrogen) atoms. The van der Waals surface area contributed by atoms with Crippen molar-refractivity contribution < 1.29 is 4.74 Å². The second-order valence-corrected chi connectivity index (χ2v) is 3.44. The average molecular weight is 179 g/mol. The van der Waals surface area contributed by atoms with Crippen LogP contribution in [0.1, 0.15) is 30.9 Å². The van der Waals surface area contributed by atoms with Gasteiger partial charge in [0.2, 0.25) is 0 Å². The third-order valence-corrected chi connectivity index (χ3v) is 2.15. The standard InChI is InChI=1S/C11H17NO/c1-8(2)10-6-9(7-12)4-5-11(10)13-3/h4-6,8H,7,12H2,1-3H3. The molecule has 0 aliphatic heterocycles. The number of rotatable bonds is 3. The fraction of sp³-hybridized carbons (Fsp3) is 0.455. The Hall–Kier alpha value is -1.02. The summed E-state index contributed by atoms with van der Waals surface area (Å²) in [5, 5.41) is 0. The van der Waals surface area contributed by atoms with Crippen molar-refractivity contribution in [3.63, 3.8) is 0 Å². The van der Waals surface area contributed by atoms with E-state index in [0.717, 1.165) is 11.3 Å². The zero-order chi connectivity index (χ0) is 9.84. The van der Waals surface area contributed by atoms with Gasteiger partial charge in [0, 0.05) is 6.54 Å². The molecule has 2 N–H and O–H groups in total. The first-order chi connectivity index (χ1) is 6.19. The van der Waals surface area contributed by atoms with E-state index in [4.69, 9.17) is 10.5 Å². The van der Waals surface area contributed by atoms with Crippen molar-refractivity contribution in [1.29, 1.82) is 0 Å². The van der Waals surface area contributed by atoms with Crippen LogP contribution in [-0.4, -0.2) is 7.11 Å². The summed E-state index contributed by atoms with van der Waals surface area (Å²) in [6, 6.07) is 6.10. The summed E-state index contributed by atoms with van der Waals surface area (Å²) in [7, 11) is 1.70. The second-order valence-electron chi connectivity index (χ2n) is 3.44. The normalized spacial score (nSPS) is 10.5. The maximum Gasteiger partial charge on any atom is 0.122 e. The van der Waals surface area contributed by atoms with E-state index in [1.165, 1.54) is 5.56 Å². The minimum Gasteiger partial charge on any atom is -0.496 e. The Morgan fingerprint density at radius 3 is 2.54 bits per heavy atom. The molecule has 0 radical (unpaired) electrons. The smallest absolute Gasteiger partial charge is 0.122 e. The molecule has 0 atom stereocenters. The van der Waals surface area contributed by atoms with Gasteiger partial charge in [-0.05, 0) is 23.1 Å². The van der Waals surface area contributed by atoms with Crippen LogP contribution in [0.4, 0.5) is 0 Å². The molecule has 0 heterocycles. The van der Waals surface area contributed by atoms with Crippen molar-refractivity contribution >= 4 is 0 Å². The van der Waals surface area contributed by atoms with E-state index < -0.39 is 0 Å². The van der Waals surface area contributed by atoms with Crippen LogP contribution < -0.4 is 10.5 Å². The lowest BCUT2D eigenvalue weighted by Gasteiger charge is -2.12. The maximum absolute atomic E-state index is 5.57. The largest absolute Gasteiger partial charge is 0.496 e. The summed E-state index contributed by atoms with van der Waals surface area (Å²) in [6.07, 6.45) is 0. The molecule has 0 saturated heterocycles. The molecule has 0 aliphatic carbocycles. The van der Waals surface area contributed by atoms with Crippen molar-refractivity contribution in [1.82, 2.24) is 0 Å². The molecule has 0 unspecified atom stereocenters. The Labute approximate surface area is 79.7 Å². The topological polar surface area (TPSA) is 35.2 Å². The second kappa shape index (κ2) is 4.28. The van der Waals surface area contributed by atoms with E-state index >= 15 is 0 Å². The number of methoxy groups -OCH3 is 1. The van der Waals surface area contributed by atoms with Gasteiger partial charge in [0.25, 0.3) is 0 Å². The van der Waals surface area contributed by atoms with Gasteiger partial charge in [0.1, 0.15) is 5.75 Å². The minimum atomic E-state index is 0.474. The van der Waals surface area contributed by atoms with Crippen LogP contribution in [0, 0.1) is 0 Å². The van der Waals surface area contributed by atoms with E-state index in [1.54, 1.807) is 7.11 Å². The van der Waals surface area contributed by atoms with Crippen LogP contribution in [0.15, 0.2) is 18.2 Å². The van der Waals surface area contributed by atoms with Crippen molar-refractivity contribution in [2.45, 2.75) is 26.3 Å². The molecule has 2 nitrogen and oxygen atoms in total.